The number of carbonyl (C=O) groups excluding carboxylic acids is 1. The SMILES string of the molecule is O=C(CCCCC1CCSS1)NS(=O)(=O)C1CCCCC1. The summed E-state index contributed by atoms with van der Waals surface area (Å²) < 4.78 is 26.5. The first-order chi connectivity index (χ1) is 10.1. The molecule has 0 spiro atoms. The van der Waals surface area contributed by atoms with Crippen molar-refractivity contribution < 1.29 is 13.2 Å². The first-order valence-electron chi connectivity index (χ1n) is 7.90. The first-order valence-corrected chi connectivity index (χ1v) is 11.8. The summed E-state index contributed by atoms with van der Waals surface area (Å²) in [6, 6.07) is 0. The molecule has 1 atom stereocenters. The summed E-state index contributed by atoms with van der Waals surface area (Å²) >= 11 is 0. The van der Waals surface area contributed by atoms with E-state index in [-0.39, 0.29) is 11.2 Å². The minimum absolute atomic E-state index is 0.325. The summed E-state index contributed by atoms with van der Waals surface area (Å²) in [6.07, 6.45) is 8.93. The number of rotatable bonds is 7. The van der Waals surface area contributed by atoms with Crippen LogP contribution in [-0.4, -0.2) is 30.6 Å². The lowest BCUT2D eigenvalue weighted by Gasteiger charge is -2.21. The maximum absolute atomic E-state index is 12.1. The third kappa shape index (κ3) is 6.02. The Labute approximate surface area is 136 Å². The molecule has 7 heteroatoms. The Morgan fingerprint density at radius 1 is 1.10 bits per heavy atom. The van der Waals surface area contributed by atoms with Gasteiger partial charge in [0.05, 0.1) is 5.25 Å². The van der Waals surface area contributed by atoms with Gasteiger partial charge in [0, 0.05) is 17.4 Å². The molecule has 0 aromatic rings. The van der Waals surface area contributed by atoms with Crippen molar-refractivity contribution in [3.63, 3.8) is 0 Å². The Balaban J connectivity index is 1.63. The zero-order chi connectivity index (χ0) is 15.1. The zero-order valence-corrected chi connectivity index (χ0v) is 14.8. The van der Waals surface area contributed by atoms with E-state index in [0.717, 1.165) is 43.8 Å². The third-order valence-electron chi connectivity index (χ3n) is 4.15. The Morgan fingerprint density at radius 2 is 1.86 bits per heavy atom. The molecule has 1 heterocycles. The van der Waals surface area contributed by atoms with Gasteiger partial charge in [0.2, 0.25) is 15.9 Å². The second-order valence-corrected chi connectivity index (χ2v) is 10.7. The zero-order valence-electron chi connectivity index (χ0n) is 12.4. The average Bonchev–Trinajstić information content (AvgIpc) is 2.97. The van der Waals surface area contributed by atoms with Crippen LogP contribution in [0.25, 0.3) is 0 Å². The molecule has 2 rings (SSSR count). The van der Waals surface area contributed by atoms with Crippen molar-refractivity contribution >= 4 is 37.5 Å². The molecule has 2 fully saturated rings. The molecule has 0 aromatic heterocycles. The summed E-state index contributed by atoms with van der Waals surface area (Å²) in [6.45, 7) is 0. The second kappa shape index (κ2) is 8.67. The van der Waals surface area contributed by atoms with Crippen LogP contribution >= 0.6 is 21.6 Å². The minimum atomic E-state index is -3.44. The normalized spacial score (nSPS) is 24.1. The van der Waals surface area contributed by atoms with Gasteiger partial charge in [-0.2, -0.15) is 0 Å². The number of sulfonamides is 1. The molecule has 1 aliphatic heterocycles. The molecular formula is C14H25NO3S3. The topological polar surface area (TPSA) is 63.2 Å². The number of carbonyl (C=O) groups is 1. The van der Waals surface area contributed by atoms with E-state index in [1.54, 1.807) is 0 Å². The molecule has 122 valence electrons. The van der Waals surface area contributed by atoms with Crippen molar-refractivity contribution in [3.05, 3.63) is 0 Å². The number of amides is 1. The molecule has 0 bridgehead atoms. The van der Waals surface area contributed by atoms with Gasteiger partial charge in [0.25, 0.3) is 0 Å². The highest BCUT2D eigenvalue weighted by atomic mass is 33.1. The van der Waals surface area contributed by atoms with E-state index in [2.05, 4.69) is 4.72 Å². The Bertz CT molecular complexity index is 427. The summed E-state index contributed by atoms with van der Waals surface area (Å²) in [7, 11) is 0.436. The van der Waals surface area contributed by atoms with Gasteiger partial charge in [-0.3, -0.25) is 9.52 Å². The number of unbranched alkanes of at least 4 members (excludes halogenated alkanes) is 1. The molecule has 1 unspecified atom stereocenters. The molecule has 21 heavy (non-hydrogen) atoms. The van der Waals surface area contributed by atoms with Crippen LogP contribution in [0.3, 0.4) is 0 Å². The van der Waals surface area contributed by atoms with Crippen molar-refractivity contribution in [3.8, 4) is 0 Å². The van der Waals surface area contributed by atoms with Crippen molar-refractivity contribution in [1.29, 1.82) is 0 Å². The van der Waals surface area contributed by atoms with E-state index in [0.29, 0.717) is 19.3 Å². The van der Waals surface area contributed by atoms with E-state index in [4.69, 9.17) is 0 Å². The van der Waals surface area contributed by atoms with E-state index in [1.165, 1.54) is 12.2 Å². The van der Waals surface area contributed by atoms with Gasteiger partial charge in [-0.1, -0.05) is 47.3 Å². The fourth-order valence-corrected chi connectivity index (χ4v) is 7.46. The van der Waals surface area contributed by atoms with Crippen molar-refractivity contribution in [1.82, 2.24) is 4.72 Å². The van der Waals surface area contributed by atoms with Crippen LogP contribution in [0.15, 0.2) is 0 Å². The Kier molecular flexibility index (Phi) is 7.22. The molecular weight excluding hydrogens is 326 g/mol. The van der Waals surface area contributed by atoms with Crippen LogP contribution in [0.4, 0.5) is 0 Å². The fraction of sp³-hybridized carbons (Fsp3) is 0.929. The van der Waals surface area contributed by atoms with Crippen molar-refractivity contribution in [2.45, 2.75) is 74.7 Å². The van der Waals surface area contributed by atoms with Crippen molar-refractivity contribution in [2.75, 3.05) is 5.75 Å². The molecule has 0 aromatic carbocycles. The van der Waals surface area contributed by atoms with Gasteiger partial charge < -0.3 is 0 Å². The largest absolute Gasteiger partial charge is 0.274 e. The average molecular weight is 352 g/mol. The van der Waals surface area contributed by atoms with Gasteiger partial charge in [0.1, 0.15) is 0 Å². The molecule has 1 saturated carbocycles. The number of nitrogens with one attached hydrogen (secondary N) is 1. The standard InChI is InChI=1S/C14H25NO3S3/c16-14(9-5-4-6-12-10-11-19-20-12)15-21(17,18)13-7-2-1-3-8-13/h12-13H,1-11H2,(H,15,16). The van der Waals surface area contributed by atoms with Crippen LogP contribution < -0.4 is 4.72 Å². The van der Waals surface area contributed by atoms with Gasteiger partial charge in [-0.05, 0) is 32.1 Å². The smallest absolute Gasteiger partial charge is 0.237 e. The van der Waals surface area contributed by atoms with Crippen LogP contribution in [0, 0.1) is 0 Å². The quantitative estimate of drug-likeness (QED) is 0.562. The predicted octanol–water partition coefficient (Wildman–Crippen LogP) is 3.48. The molecule has 1 N–H and O–H groups in total. The van der Waals surface area contributed by atoms with Crippen molar-refractivity contribution in [2.24, 2.45) is 0 Å². The number of hydrogen-bond acceptors (Lipinski definition) is 5. The summed E-state index contributed by atoms with van der Waals surface area (Å²) in [5.41, 5.74) is 0. The monoisotopic (exact) mass is 351 g/mol. The van der Waals surface area contributed by atoms with Crippen LogP contribution in [0.2, 0.25) is 0 Å². The highest BCUT2D eigenvalue weighted by Crippen LogP contribution is 2.39. The summed E-state index contributed by atoms with van der Waals surface area (Å²) in [5, 5.41) is 0.367. The predicted molar refractivity (Wildman–Crippen MR) is 90.9 cm³/mol. The highest BCUT2D eigenvalue weighted by Gasteiger charge is 2.28. The maximum Gasteiger partial charge on any atom is 0.237 e. The maximum atomic E-state index is 12.1. The first kappa shape index (κ1) is 17.5. The number of hydrogen-bond donors (Lipinski definition) is 1. The Hall–Kier alpha value is 0.120. The highest BCUT2D eigenvalue weighted by molar-refractivity contribution is 8.77. The van der Waals surface area contributed by atoms with Crippen LogP contribution in [0.5, 0.6) is 0 Å². The van der Waals surface area contributed by atoms with E-state index >= 15 is 0 Å². The Morgan fingerprint density at radius 3 is 2.52 bits per heavy atom. The molecule has 1 amide bonds. The second-order valence-electron chi connectivity index (χ2n) is 5.90. The summed E-state index contributed by atoms with van der Waals surface area (Å²) in [4.78, 5) is 11.8. The molecule has 0 radical (unpaired) electrons. The van der Waals surface area contributed by atoms with Gasteiger partial charge >= 0.3 is 0 Å². The van der Waals surface area contributed by atoms with Crippen LogP contribution in [-0.2, 0) is 14.8 Å². The lowest BCUT2D eigenvalue weighted by Crippen LogP contribution is -2.39. The fourth-order valence-electron chi connectivity index (χ4n) is 2.89. The molecule has 2 aliphatic rings. The van der Waals surface area contributed by atoms with Gasteiger partial charge in [-0.15, -0.1) is 0 Å². The van der Waals surface area contributed by atoms with E-state index < -0.39 is 10.0 Å². The minimum Gasteiger partial charge on any atom is -0.274 e. The molecule has 1 saturated heterocycles. The molecule has 4 nitrogen and oxygen atoms in total. The van der Waals surface area contributed by atoms with Gasteiger partial charge in [0.15, 0.2) is 0 Å². The lowest BCUT2D eigenvalue weighted by atomic mass is 10.0. The molecule has 1 aliphatic carbocycles. The summed E-state index contributed by atoms with van der Waals surface area (Å²) in [5.74, 6) is 0.907. The lowest BCUT2D eigenvalue weighted by molar-refractivity contribution is -0.119. The van der Waals surface area contributed by atoms with Crippen LogP contribution in [0.1, 0.15) is 64.2 Å². The van der Waals surface area contributed by atoms with E-state index in [1.807, 2.05) is 21.6 Å². The van der Waals surface area contributed by atoms with E-state index in [9.17, 15) is 13.2 Å². The van der Waals surface area contributed by atoms with Gasteiger partial charge in [-0.25, -0.2) is 8.42 Å². The third-order valence-corrected chi connectivity index (χ3v) is 9.02.